The van der Waals surface area contributed by atoms with Crippen LogP contribution in [0.2, 0.25) is 0 Å². The lowest BCUT2D eigenvalue weighted by Crippen LogP contribution is -2.31. The molecule has 0 fully saturated rings. The van der Waals surface area contributed by atoms with Gasteiger partial charge in [0, 0.05) is 6.07 Å². The van der Waals surface area contributed by atoms with Gasteiger partial charge in [-0.1, -0.05) is 6.07 Å². The van der Waals surface area contributed by atoms with E-state index in [-0.39, 0.29) is 12.4 Å². The molecule has 22 heavy (non-hydrogen) atoms. The molecule has 0 amide bonds. The Morgan fingerprint density at radius 3 is 2.77 bits per heavy atom. The van der Waals surface area contributed by atoms with E-state index in [9.17, 15) is 9.90 Å². The number of aliphatic hydroxyl groups is 1. The lowest BCUT2D eigenvalue weighted by Gasteiger charge is -2.16. The Hall–Kier alpha value is -2.68. The first-order valence-electron chi connectivity index (χ1n) is 6.47. The van der Waals surface area contributed by atoms with Gasteiger partial charge in [-0.25, -0.2) is 9.48 Å². The second kappa shape index (κ2) is 6.85. The van der Waals surface area contributed by atoms with Crippen molar-refractivity contribution in [2.24, 2.45) is 0 Å². The van der Waals surface area contributed by atoms with Crippen molar-refractivity contribution in [2.45, 2.75) is 25.7 Å². The van der Waals surface area contributed by atoms with E-state index in [0.29, 0.717) is 11.5 Å². The molecule has 0 bridgehead atoms. The molecule has 0 saturated heterocycles. The number of carboxylic acids is 1. The first-order valence-corrected chi connectivity index (χ1v) is 6.47. The van der Waals surface area contributed by atoms with E-state index in [0.717, 1.165) is 4.68 Å². The summed E-state index contributed by atoms with van der Waals surface area (Å²) in [5.41, 5.74) is 0. The van der Waals surface area contributed by atoms with Gasteiger partial charge in [-0.15, -0.1) is 5.10 Å². The molecule has 1 heterocycles. The number of aromatic nitrogens is 4. The summed E-state index contributed by atoms with van der Waals surface area (Å²) < 4.78 is 11.6. The molecule has 0 aliphatic carbocycles. The van der Waals surface area contributed by atoms with Gasteiger partial charge in [0.25, 0.3) is 0 Å². The molecule has 1 aromatic heterocycles. The number of tetrazole rings is 1. The number of carbonyl (C=O) groups is 1. The highest BCUT2D eigenvalue weighted by Crippen LogP contribution is 2.20. The fourth-order valence-corrected chi connectivity index (χ4v) is 1.88. The molecule has 9 heteroatoms. The van der Waals surface area contributed by atoms with Crippen molar-refractivity contribution in [3.63, 3.8) is 0 Å². The molecule has 2 N–H and O–H groups in total. The highest BCUT2D eigenvalue weighted by Gasteiger charge is 2.29. The third kappa shape index (κ3) is 3.50. The Balaban J connectivity index is 2.14. The molecule has 2 unspecified atom stereocenters. The highest BCUT2D eigenvalue weighted by molar-refractivity contribution is 5.72. The van der Waals surface area contributed by atoms with E-state index >= 15 is 0 Å². The molecule has 1 aromatic carbocycles. The van der Waals surface area contributed by atoms with Gasteiger partial charge in [0.1, 0.15) is 18.1 Å². The maximum Gasteiger partial charge on any atom is 0.331 e. The minimum Gasteiger partial charge on any atom is -0.497 e. The number of methoxy groups -OCH3 is 1. The van der Waals surface area contributed by atoms with Gasteiger partial charge in [-0.2, -0.15) is 0 Å². The summed E-state index contributed by atoms with van der Waals surface area (Å²) in [6.45, 7) is 1.31. The number of carboxylic acid groups (broad SMARTS) is 1. The fourth-order valence-electron chi connectivity index (χ4n) is 1.88. The van der Waals surface area contributed by atoms with Gasteiger partial charge in [0.05, 0.1) is 13.2 Å². The van der Waals surface area contributed by atoms with Gasteiger partial charge in [-0.05, 0) is 29.5 Å². The van der Waals surface area contributed by atoms with Gasteiger partial charge in [-0.3, -0.25) is 0 Å². The minimum absolute atomic E-state index is 0.0450. The van der Waals surface area contributed by atoms with Crippen molar-refractivity contribution >= 4 is 5.97 Å². The molecule has 0 aliphatic rings. The Bertz CT molecular complexity index is 643. The molecule has 0 aliphatic heterocycles. The summed E-state index contributed by atoms with van der Waals surface area (Å²) in [4.78, 5) is 11.2. The number of benzene rings is 1. The van der Waals surface area contributed by atoms with Gasteiger partial charge >= 0.3 is 5.97 Å². The summed E-state index contributed by atoms with van der Waals surface area (Å²) in [7, 11) is 1.54. The second-order valence-corrected chi connectivity index (χ2v) is 4.53. The molecule has 2 rings (SSSR count). The van der Waals surface area contributed by atoms with E-state index in [1.54, 1.807) is 31.4 Å². The quantitative estimate of drug-likeness (QED) is 0.747. The third-order valence-electron chi connectivity index (χ3n) is 2.94. The average molecular weight is 308 g/mol. The molecule has 0 saturated carbocycles. The van der Waals surface area contributed by atoms with Crippen molar-refractivity contribution in [1.82, 2.24) is 20.2 Å². The van der Waals surface area contributed by atoms with Crippen molar-refractivity contribution in [3.05, 3.63) is 30.1 Å². The second-order valence-electron chi connectivity index (χ2n) is 4.53. The fraction of sp³-hybridized carbons (Fsp3) is 0.385. The number of nitrogens with zero attached hydrogens (tertiary/aromatic N) is 4. The molecule has 0 radical (unpaired) electrons. The zero-order chi connectivity index (χ0) is 16.1. The lowest BCUT2D eigenvalue weighted by atomic mass is 10.2. The largest absolute Gasteiger partial charge is 0.497 e. The van der Waals surface area contributed by atoms with Crippen LogP contribution in [0.5, 0.6) is 11.5 Å². The van der Waals surface area contributed by atoms with E-state index in [1.807, 2.05) is 0 Å². The number of rotatable bonds is 7. The van der Waals surface area contributed by atoms with Gasteiger partial charge in [0.2, 0.25) is 0 Å². The molecular formula is C13H16N4O5. The Morgan fingerprint density at radius 2 is 2.14 bits per heavy atom. The summed E-state index contributed by atoms with van der Waals surface area (Å²) in [6, 6.07) is 5.65. The zero-order valence-electron chi connectivity index (χ0n) is 12.1. The normalized spacial score (nSPS) is 13.4. The number of ether oxygens (including phenoxy) is 2. The zero-order valence-corrected chi connectivity index (χ0v) is 12.1. The summed E-state index contributed by atoms with van der Waals surface area (Å²) >= 11 is 0. The maximum atomic E-state index is 11.2. The molecule has 2 atom stereocenters. The summed E-state index contributed by atoms with van der Waals surface area (Å²) in [5, 5.41) is 29.5. The summed E-state index contributed by atoms with van der Waals surface area (Å²) in [6.07, 6.45) is -1.16. The first-order chi connectivity index (χ1) is 10.5. The number of aliphatic carboxylic acids is 1. The standard InChI is InChI=1S/C13H16N4O5/c1-8(18)12(13(19)20)17-11(14-15-16-17)7-22-10-5-3-4-9(6-10)21-2/h3-6,8,12,18H,7H2,1-2H3,(H,19,20). The molecule has 118 valence electrons. The van der Waals surface area contributed by atoms with Crippen LogP contribution in [0.3, 0.4) is 0 Å². The molecule has 9 nitrogen and oxygen atoms in total. The first kappa shape index (κ1) is 15.7. The van der Waals surface area contributed by atoms with Crippen LogP contribution in [0, 0.1) is 0 Å². The Morgan fingerprint density at radius 1 is 1.41 bits per heavy atom. The van der Waals surface area contributed by atoms with Crippen LogP contribution in [0.15, 0.2) is 24.3 Å². The minimum atomic E-state index is -1.28. The molecule has 0 spiro atoms. The van der Waals surface area contributed by atoms with Crippen LogP contribution in [-0.2, 0) is 11.4 Å². The van der Waals surface area contributed by atoms with Crippen molar-refractivity contribution in [1.29, 1.82) is 0 Å². The summed E-state index contributed by atoms with van der Waals surface area (Å²) in [5.74, 6) is 0.114. The van der Waals surface area contributed by atoms with E-state index in [1.165, 1.54) is 6.92 Å². The van der Waals surface area contributed by atoms with Crippen LogP contribution in [0.1, 0.15) is 18.8 Å². The van der Waals surface area contributed by atoms with Gasteiger partial charge < -0.3 is 19.7 Å². The van der Waals surface area contributed by atoms with Crippen LogP contribution >= 0.6 is 0 Å². The molecule has 2 aromatic rings. The average Bonchev–Trinajstić information content (AvgIpc) is 2.92. The van der Waals surface area contributed by atoms with Crippen LogP contribution < -0.4 is 9.47 Å². The van der Waals surface area contributed by atoms with E-state index < -0.39 is 18.1 Å². The Labute approximate surface area is 126 Å². The highest BCUT2D eigenvalue weighted by atomic mass is 16.5. The van der Waals surface area contributed by atoms with Crippen LogP contribution in [0.25, 0.3) is 0 Å². The predicted octanol–water partition coefficient (Wildman–Crippen LogP) is 0.267. The smallest absolute Gasteiger partial charge is 0.331 e. The monoisotopic (exact) mass is 308 g/mol. The number of hydrogen-bond acceptors (Lipinski definition) is 7. The Kier molecular flexibility index (Phi) is 4.89. The van der Waals surface area contributed by atoms with Gasteiger partial charge in [0.15, 0.2) is 11.9 Å². The maximum absolute atomic E-state index is 11.2. The lowest BCUT2D eigenvalue weighted by molar-refractivity contribution is -0.144. The van der Waals surface area contributed by atoms with E-state index in [4.69, 9.17) is 14.6 Å². The number of hydrogen-bond donors (Lipinski definition) is 2. The third-order valence-corrected chi connectivity index (χ3v) is 2.94. The van der Waals surface area contributed by atoms with E-state index in [2.05, 4.69) is 15.5 Å². The molecular weight excluding hydrogens is 292 g/mol. The van der Waals surface area contributed by atoms with Crippen molar-refractivity contribution in [3.8, 4) is 11.5 Å². The predicted molar refractivity (Wildman–Crippen MR) is 73.5 cm³/mol. The topological polar surface area (TPSA) is 120 Å². The van der Waals surface area contributed by atoms with Crippen LogP contribution in [-0.4, -0.2) is 49.6 Å². The van der Waals surface area contributed by atoms with Crippen molar-refractivity contribution in [2.75, 3.05) is 7.11 Å². The van der Waals surface area contributed by atoms with Crippen LogP contribution in [0.4, 0.5) is 0 Å². The number of aliphatic hydroxyl groups excluding tert-OH is 1. The van der Waals surface area contributed by atoms with Crippen molar-refractivity contribution < 1.29 is 24.5 Å². The SMILES string of the molecule is COc1cccc(OCc2nnnn2C(C(=O)O)C(C)O)c1.